The summed E-state index contributed by atoms with van der Waals surface area (Å²) in [5.41, 5.74) is 1.27. The standard InChI is InChI=1S/C15H22O3/c1-7-10-8-11(14(16)15(2,3)4)9-12(17-5)13(10)18-6/h8-9H,7H2,1-6H3. The van der Waals surface area contributed by atoms with Crippen molar-refractivity contribution in [3.63, 3.8) is 0 Å². The van der Waals surface area contributed by atoms with Crippen LogP contribution in [0.15, 0.2) is 12.1 Å². The largest absolute Gasteiger partial charge is 0.493 e. The first kappa shape index (κ1) is 14.6. The first-order valence-corrected chi connectivity index (χ1v) is 6.14. The molecule has 0 N–H and O–H groups in total. The summed E-state index contributed by atoms with van der Waals surface area (Å²) >= 11 is 0. The zero-order valence-electron chi connectivity index (χ0n) is 12.1. The van der Waals surface area contributed by atoms with Gasteiger partial charge in [-0.1, -0.05) is 27.7 Å². The van der Waals surface area contributed by atoms with E-state index < -0.39 is 5.41 Å². The van der Waals surface area contributed by atoms with Gasteiger partial charge in [0.15, 0.2) is 17.3 Å². The Hall–Kier alpha value is -1.51. The van der Waals surface area contributed by atoms with Gasteiger partial charge in [-0.2, -0.15) is 0 Å². The van der Waals surface area contributed by atoms with E-state index >= 15 is 0 Å². The minimum atomic E-state index is -0.398. The molecule has 1 rings (SSSR count). The third-order valence-electron chi connectivity index (χ3n) is 2.88. The van der Waals surface area contributed by atoms with Crippen molar-refractivity contribution in [2.24, 2.45) is 5.41 Å². The highest BCUT2D eigenvalue weighted by Gasteiger charge is 2.25. The molecule has 0 amide bonds. The smallest absolute Gasteiger partial charge is 0.168 e. The molecule has 0 saturated carbocycles. The third-order valence-corrected chi connectivity index (χ3v) is 2.88. The van der Waals surface area contributed by atoms with E-state index in [0.29, 0.717) is 17.1 Å². The lowest BCUT2D eigenvalue weighted by atomic mass is 9.85. The van der Waals surface area contributed by atoms with E-state index in [9.17, 15) is 4.79 Å². The molecular formula is C15H22O3. The van der Waals surface area contributed by atoms with Crippen LogP contribution >= 0.6 is 0 Å². The molecular weight excluding hydrogens is 228 g/mol. The average molecular weight is 250 g/mol. The van der Waals surface area contributed by atoms with E-state index in [0.717, 1.165) is 12.0 Å². The fourth-order valence-corrected chi connectivity index (χ4v) is 1.87. The van der Waals surface area contributed by atoms with Crippen LogP contribution in [0.4, 0.5) is 0 Å². The summed E-state index contributed by atoms with van der Waals surface area (Å²) in [6.45, 7) is 7.77. The average Bonchev–Trinajstić information content (AvgIpc) is 2.34. The summed E-state index contributed by atoms with van der Waals surface area (Å²) < 4.78 is 10.6. The van der Waals surface area contributed by atoms with Gasteiger partial charge in [0.1, 0.15) is 0 Å². The monoisotopic (exact) mass is 250 g/mol. The Morgan fingerprint density at radius 1 is 1.17 bits per heavy atom. The van der Waals surface area contributed by atoms with Crippen molar-refractivity contribution in [3.8, 4) is 11.5 Å². The molecule has 0 saturated heterocycles. The number of methoxy groups -OCH3 is 2. The van der Waals surface area contributed by atoms with Crippen LogP contribution in [0.3, 0.4) is 0 Å². The SMILES string of the molecule is CCc1cc(C(=O)C(C)(C)C)cc(OC)c1OC. The molecule has 1 aromatic rings. The maximum absolute atomic E-state index is 12.3. The van der Waals surface area contributed by atoms with Gasteiger partial charge >= 0.3 is 0 Å². The number of aryl methyl sites for hydroxylation is 1. The zero-order valence-corrected chi connectivity index (χ0v) is 12.1. The number of hydrogen-bond donors (Lipinski definition) is 0. The molecule has 0 unspecified atom stereocenters. The fourth-order valence-electron chi connectivity index (χ4n) is 1.87. The Morgan fingerprint density at radius 2 is 1.78 bits per heavy atom. The predicted molar refractivity (Wildman–Crippen MR) is 72.7 cm³/mol. The van der Waals surface area contributed by atoms with Crippen LogP contribution in [-0.4, -0.2) is 20.0 Å². The Kier molecular flexibility index (Phi) is 4.38. The second-order valence-electron chi connectivity index (χ2n) is 5.30. The molecule has 0 aliphatic rings. The molecule has 18 heavy (non-hydrogen) atoms. The van der Waals surface area contributed by atoms with E-state index in [1.165, 1.54) is 0 Å². The van der Waals surface area contributed by atoms with Gasteiger partial charge in [-0.05, 0) is 24.1 Å². The number of rotatable bonds is 4. The predicted octanol–water partition coefficient (Wildman–Crippen LogP) is 3.50. The molecule has 3 heteroatoms. The van der Waals surface area contributed by atoms with Gasteiger partial charge in [-0.3, -0.25) is 4.79 Å². The number of Topliss-reactive ketones (excluding diaryl/α,β-unsaturated/α-hetero) is 1. The van der Waals surface area contributed by atoms with Crippen molar-refractivity contribution < 1.29 is 14.3 Å². The van der Waals surface area contributed by atoms with Gasteiger partial charge in [-0.15, -0.1) is 0 Å². The molecule has 0 aromatic heterocycles. The Balaban J connectivity index is 3.36. The van der Waals surface area contributed by atoms with Crippen LogP contribution in [0.2, 0.25) is 0 Å². The topological polar surface area (TPSA) is 35.5 Å². The van der Waals surface area contributed by atoms with Crippen molar-refractivity contribution >= 4 is 5.78 Å². The van der Waals surface area contributed by atoms with E-state index in [1.807, 2.05) is 33.8 Å². The molecule has 0 spiro atoms. The van der Waals surface area contributed by atoms with Gasteiger partial charge in [0, 0.05) is 11.0 Å². The Morgan fingerprint density at radius 3 is 2.17 bits per heavy atom. The molecule has 0 bridgehead atoms. The molecule has 0 atom stereocenters. The zero-order chi connectivity index (χ0) is 13.9. The van der Waals surface area contributed by atoms with Crippen molar-refractivity contribution in [2.45, 2.75) is 34.1 Å². The first-order chi connectivity index (χ1) is 8.35. The normalized spacial score (nSPS) is 11.2. The minimum absolute atomic E-state index is 0.109. The summed E-state index contributed by atoms with van der Waals surface area (Å²) in [7, 11) is 3.20. The van der Waals surface area contributed by atoms with Crippen molar-refractivity contribution in [2.75, 3.05) is 14.2 Å². The summed E-state index contributed by atoms with van der Waals surface area (Å²) in [5, 5.41) is 0. The summed E-state index contributed by atoms with van der Waals surface area (Å²) in [6, 6.07) is 3.65. The van der Waals surface area contributed by atoms with Gasteiger partial charge < -0.3 is 9.47 Å². The molecule has 0 aliphatic heterocycles. The van der Waals surface area contributed by atoms with Crippen LogP contribution in [-0.2, 0) is 6.42 Å². The van der Waals surface area contributed by atoms with Crippen LogP contribution in [0.25, 0.3) is 0 Å². The van der Waals surface area contributed by atoms with E-state index in [-0.39, 0.29) is 5.78 Å². The van der Waals surface area contributed by atoms with Crippen LogP contribution in [0.5, 0.6) is 11.5 Å². The van der Waals surface area contributed by atoms with Gasteiger partial charge in [0.05, 0.1) is 14.2 Å². The van der Waals surface area contributed by atoms with Gasteiger partial charge in [0.25, 0.3) is 0 Å². The molecule has 3 nitrogen and oxygen atoms in total. The maximum Gasteiger partial charge on any atom is 0.168 e. The maximum atomic E-state index is 12.3. The minimum Gasteiger partial charge on any atom is -0.493 e. The second kappa shape index (κ2) is 5.42. The lowest BCUT2D eigenvalue weighted by Crippen LogP contribution is -2.20. The number of ketones is 1. The Labute approximate surface area is 109 Å². The highest BCUT2D eigenvalue weighted by Crippen LogP contribution is 2.34. The van der Waals surface area contributed by atoms with Crippen molar-refractivity contribution in [1.29, 1.82) is 0 Å². The number of carbonyl (C=O) groups excluding carboxylic acids is 1. The van der Waals surface area contributed by atoms with E-state index in [4.69, 9.17) is 9.47 Å². The molecule has 0 radical (unpaired) electrons. The van der Waals surface area contributed by atoms with Gasteiger partial charge in [0.2, 0.25) is 0 Å². The summed E-state index contributed by atoms with van der Waals surface area (Å²) in [4.78, 5) is 12.3. The van der Waals surface area contributed by atoms with Crippen LogP contribution < -0.4 is 9.47 Å². The molecule has 0 heterocycles. The van der Waals surface area contributed by atoms with Gasteiger partial charge in [-0.25, -0.2) is 0 Å². The second-order valence-corrected chi connectivity index (χ2v) is 5.30. The molecule has 0 fully saturated rings. The van der Waals surface area contributed by atoms with Crippen molar-refractivity contribution in [3.05, 3.63) is 23.3 Å². The van der Waals surface area contributed by atoms with Crippen LogP contribution in [0.1, 0.15) is 43.6 Å². The Bertz CT molecular complexity index is 417. The lowest BCUT2D eigenvalue weighted by Gasteiger charge is -2.19. The van der Waals surface area contributed by atoms with E-state index in [1.54, 1.807) is 20.3 Å². The first-order valence-electron chi connectivity index (χ1n) is 6.14. The fraction of sp³-hybridized carbons (Fsp3) is 0.533. The highest BCUT2D eigenvalue weighted by atomic mass is 16.5. The van der Waals surface area contributed by atoms with E-state index in [2.05, 4.69) is 0 Å². The number of ether oxygens (including phenoxy) is 2. The van der Waals surface area contributed by atoms with Crippen LogP contribution in [0, 0.1) is 5.41 Å². The number of hydrogen-bond acceptors (Lipinski definition) is 3. The summed E-state index contributed by atoms with van der Waals surface area (Å²) in [6.07, 6.45) is 0.796. The third kappa shape index (κ3) is 2.84. The summed E-state index contributed by atoms with van der Waals surface area (Å²) in [5.74, 6) is 1.44. The number of benzene rings is 1. The number of carbonyl (C=O) groups is 1. The molecule has 100 valence electrons. The quantitative estimate of drug-likeness (QED) is 0.767. The lowest BCUT2D eigenvalue weighted by molar-refractivity contribution is 0.0858. The molecule has 0 aliphatic carbocycles. The molecule has 1 aromatic carbocycles. The highest BCUT2D eigenvalue weighted by molar-refractivity contribution is 6.00. The van der Waals surface area contributed by atoms with Crippen molar-refractivity contribution in [1.82, 2.24) is 0 Å².